The molecule has 1 aromatic carbocycles. The molecule has 112 valence electrons. The maximum Gasteiger partial charge on any atom is 0.126 e. The average molecular weight is 290 g/mol. The van der Waals surface area contributed by atoms with Gasteiger partial charge in [0.15, 0.2) is 0 Å². The smallest absolute Gasteiger partial charge is 0.126 e. The monoisotopic (exact) mass is 290 g/mol. The number of aromatic nitrogens is 3. The van der Waals surface area contributed by atoms with Crippen molar-refractivity contribution in [1.29, 1.82) is 0 Å². The van der Waals surface area contributed by atoms with E-state index >= 15 is 0 Å². The van der Waals surface area contributed by atoms with Crippen molar-refractivity contribution < 1.29 is 9.13 Å². The summed E-state index contributed by atoms with van der Waals surface area (Å²) in [6.45, 7) is 3.58. The molecule has 1 saturated carbocycles. The lowest BCUT2D eigenvalue weighted by Crippen LogP contribution is -2.15. The Hall–Kier alpha value is -1.95. The number of nitrogens with zero attached hydrogens (tertiary/aromatic N) is 3. The highest BCUT2D eigenvalue weighted by atomic mass is 19.1. The molecular weight excluding hydrogens is 271 g/mol. The Kier molecular flexibility index (Phi) is 4.15. The third-order valence-corrected chi connectivity index (χ3v) is 3.45. The zero-order valence-electron chi connectivity index (χ0n) is 12.1. The first-order chi connectivity index (χ1) is 10.2. The largest absolute Gasteiger partial charge is 0.492 e. The van der Waals surface area contributed by atoms with Gasteiger partial charge >= 0.3 is 0 Å². The summed E-state index contributed by atoms with van der Waals surface area (Å²) in [6, 6.07) is 5.41. The van der Waals surface area contributed by atoms with Crippen LogP contribution >= 0.6 is 0 Å². The molecule has 5 nitrogen and oxygen atoms in total. The molecule has 1 heterocycles. The maximum absolute atomic E-state index is 13.1. The van der Waals surface area contributed by atoms with Crippen molar-refractivity contribution in [1.82, 2.24) is 20.3 Å². The Morgan fingerprint density at radius 2 is 2.29 bits per heavy atom. The van der Waals surface area contributed by atoms with E-state index in [1.54, 1.807) is 23.7 Å². The summed E-state index contributed by atoms with van der Waals surface area (Å²) in [5, 5.41) is 11.6. The van der Waals surface area contributed by atoms with Gasteiger partial charge in [0.25, 0.3) is 0 Å². The van der Waals surface area contributed by atoms with Crippen molar-refractivity contribution in [3.05, 3.63) is 41.5 Å². The van der Waals surface area contributed by atoms with E-state index in [0.29, 0.717) is 30.5 Å². The molecule has 0 radical (unpaired) electrons. The highest BCUT2D eigenvalue weighted by molar-refractivity contribution is 5.28. The predicted octanol–water partition coefficient (Wildman–Crippen LogP) is 2.06. The lowest BCUT2D eigenvalue weighted by molar-refractivity contribution is 0.289. The third kappa shape index (κ3) is 4.01. The fraction of sp³-hybridized carbons (Fsp3) is 0.467. The van der Waals surface area contributed by atoms with Crippen LogP contribution in [-0.4, -0.2) is 27.6 Å². The highest BCUT2D eigenvalue weighted by Crippen LogP contribution is 2.19. The summed E-state index contributed by atoms with van der Waals surface area (Å²) in [7, 11) is 0. The minimum atomic E-state index is -0.216. The van der Waals surface area contributed by atoms with Gasteiger partial charge < -0.3 is 10.1 Å². The van der Waals surface area contributed by atoms with Gasteiger partial charge in [0, 0.05) is 18.8 Å². The molecule has 0 aliphatic heterocycles. The van der Waals surface area contributed by atoms with Crippen LogP contribution in [0.2, 0.25) is 0 Å². The number of benzene rings is 1. The second kappa shape index (κ2) is 6.22. The Morgan fingerprint density at radius 1 is 1.43 bits per heavy atom. The summed E-state index contributed by atoms with van der Waals surface area (Å²) in [4.78, 5) is 0. The number of aryl methyl sites for hydroxylation is 1. The van der Waals surface area contributed by atoms with Crippen molar-refractivity contribution in [3.8, 4) is 5.75 Å². The van der Waals surface area contributed by atoms with E-state index in [-0.39, 0.29) is 5.82 Å². The van der Waals surface area contributed by atoms with Crippen LogP contribution in [0.5, 0.6) is 5.75 Å². The van der Waals surface area contributed by atoms with Gasteiger partial charge in [0.2, 0.25) is 0 Å². The van der Waals surface area contributed by atoms with Gasteiger partial charge in [-0.1, -0.05) is 5.21 Å². The highest BCUT2D eigenvalue weighted by Gasteiger charge is 2.20. The van der Waals surface area contributed by atoms with Crippen LogP contribution in [0.1, 0.15) is 24.1 Å². The molecule has 0 spiro atoms. The molecule has 2 aromatic rings. The van der Waals surface area contributed by atoms with Crippen molar-refractivity contribution in [2.75, 3.05) is 6.61 Å². The summed E-state index contributed by atoms with van der Waals surface area (Å²) in [5.41, 5.74) is 1.53. The van der Waals surface area contributed by atoms with Crippen molar-refractivity contribution in [3.63, 3.8) is 0 Å². The number of nitrogens with one attached hydrogen (secondary N) is 1. The van der Waals surface area contributed by atoms with Gasteiger partial charge in [0.1, 0.15) is 18.2 Å². The van der Waals surface area contributed by atoms with Gasteiger partial charge in [-0.25, -0.2) is 9.07 Å². The number of hydrogen-bond acceptors (Lipinski definition) is 4. The standard InChI is InChI=1S/C15H19FN4O/c1-11-8-14(4-5-15(11)16)21-7-6-20-10-13(18-19-20)9-17-12-2-3-12/h4-5,8,10,12,17H,2-3,6-7,9H2,1H3. The molecular formula is C15H19FN4O. The van der Waals surface area contributed by atoms with Crippen LogP contribution in [0.15, 0.2) is 24.4 Å². The second-order valence-corrected chi connectivity index (χ2v) is 5.39. The Bertz CT molecular complexity index is 609. The fourth-order valence-electron chi connectivity index (χ4n) is 2.03. The van der Waals surface area contributed by atoms with Gasteiger partial charge in [-0.15, -0.1) is 5.10 Å². The molecule has 6 heteroatoms. The van der Waals surface area contributed by atoms with Crippen molar-refractivity contribution >= 4 is 0 Å². The van der Waals surface area contributed by atoms with Gasteiger partial charge in [-0.2, -0.15) is 0 Å². The summed E-state index contributed by atoms with van der Waals surface area (Å²) >= 11 is 0. The lowest BCUT2D eigenvalue weighted by Gasteiger charge is -2.07. The molecule has 0 unspecified atom stereocenters. The molecule has 1 aliphatic carbocycles. The van der Waals surface area contributed by atoms with Crippen LogP contribution in [0.4, 0.5) is 4.39 Å². The number of ether oxygens (including phenoxy) is 1. The van der Waals surface area contributed by atoms with Crippen molar-refractivity contribution in [2.45, 2.75) is 38.9 Å². The maximum atomic E-state index is 13.1. The van der Waals surface area contributed by atoms with Crippen LogP contribution in [0.3, 0.4) is 0 Å². The normalized spacial score (nSPS) is 14.4. The average Bonchev–Trinajstić information content (AvgIpc) is 3.20. The van der Waals surface area contributed by atoms with Gasteiger partial charge in [-0.05, 0) is 43.5 Å². The van der Waals surface area contributed by atoms with E-state index in [0.717, 1.165) is 12.2 Å². The van der Waals surface area contributed by atoms with Crippen LogP contribution in [-0.2, 0) is 13.1 Å². The third-order valence-electron chi connectivity index (χ3n) is 3.45. The molecule has 0 bridgehead atoms. The first-order valence-electron chi connectivity index (χ1n) is 7.22. The molecule has 1 aliphatic rings. The number of hydrogen-bond donors (Lipinski definition) is 1. The lowest BCUT2D eigenvalue weighted by atomic mass is 10.2. The molecule has 1 fully saturated rings. The molecule has 21 heavy (non-hydrogen) atoms. The van der Waals surface area contributed by atoms with E-state index in [9.17, 15) is 4.39 Å². The summed E-state index contributed by atoms with van der Waals surface area (Å²) < 4.78 is 20.5. The van der Waals surface area contributed by atoms with Crippen LogP contribution in [0.25, 0.3) is 0 Å². The van der Waals surface area contributed by atoms with E-state index in [2.05, 4.69) is 15.6 Å². The predicted molar refractivity (Wildman–Crippen MR) is 76.5 cm³/mol. The Morgan fingerprint density at radius 3 is 3.05 bits per heavy atom. The first-order valence-corrected chi connectivity index (χ1v) is 7.22. The zero-order chi connectivity index (χ0) is 14.7. The van der Waals surface area contributed by atoms with E-state index in [1.807, 2.05) is 6.20 Å². The fourth-order valence-corrected chi connectivity index (χ4v) is 2.03. The van der Waals surface area contributed by atoms with Crippen LogP contribution in [0, 0.1) is 12.7 Å². The minimum absolute atomic E-state index is 0.216. The van der Waals surface area contributed by atoms with Gasteiger partial charge in [-0.3, -0.25) is 0 Å². The summed E-state index contributed by atoms with van der Waals surface area (Å²) in [5.74, 6) is 0.455. The zero-order valence-corrected chi connectivity index (χ0v) is 12.1. The Balaban J connectivity index is 1.44. The summed E-state index contributed by atoms with van der Waals surface area (Å²) in [6.07, 6.45) is 4.45. The molecule has 0 amide bonds. The Labute approximate surface area is 123 Å². The molecule has 1 aromatic heterocycles. The van der Waals surface area contributed by atoms with E-state index < -0.39 is 0 Å². The minimum Gasteiger partial charge on any atom is -0.492 e. The quantitative estimate of drug-likeness (QED) is 0.848. The second-order valence-electron chi connectivity index (χ2n) is 5.39. The van der Waals surface area contributed by atoms with E-state index in [1.165, 1.54) is 18.9 Å². The van der Waals surface area contributed by atoms with Crippen LogP contribution < -0.4 is 10.1 Å². The first kappa shape index (κ1) is 14.0. The van der Waals surface area contributed by atoms with Crippen molar-refractivity contribution in [2.24, 2.45) is 0 Å². The number of rotatable bonds is 7. The van der Waals surface area contributed by atoms with E-state index in [4.69, 9.17) is 4.74 Å². The number of halogens is 1. The topological polar surface area (TPSA) is 52.0 Å². The SMILES string of the molecule is Cc1cc(OCCn2cc(CNC3CC3)nn2)ccc1F. The molecule has 0 atom stereocenters. The molecule has 1 N–H and O–H groups in total. The molecule has 3 rings (SSSR count). The van der Waals surface area contributed by atoms with Gasteiger partial charge in [0.05, 0.1) is 12.2 Å². The molecule has 0 saturated heterocycles.